The first-order valence-electron chi connectivity index (χ1n) is 7.01. The highest BCUT2D eigenvalue weighted by Gasteiger charge is 2.25. The lowest BCUT2D eigenvalue weighted by molar-refractivity contribution is 0.203. The van der Waals surface area contributed by atoms with E-state index in [1.807, 2.05) is 0 Å². The van der Waals surface area contributed by atoms with Crippen molar-refractivity contribution in [1.82, 2.24) is 4.90 Å². The van der Waals surface area contributed by atoms with Crippen molar-refractivity contribution in [2.24, 2.45) is 16.8 Å². The standard InChI is InChI=1S/C15H22FN3O/c1-10(2)19(8-11-3-4-11)9-12-5-13(15(17)18-20)7-14(16)6-12/h5-7,10-11,20H,3-4,8-9H2,1-2H3,(H2,17,18). The zero-order chi connectivity index (χ0) is 14.7. The molecule has 20 heavy (non-hydrogen) atoms. The van der Waals surface area contributed by atoms with Gasteiger partial charge in [-0.1, -0.05) is 5.16 Å². The molecule has 3 N–H and O–H groups in total. The number of benzene rings is 1. The van der Waals surface area contributed by atoms with E-state index >= 15 is 0 Å². The summed E-state index contributed by atoms with van der Waals surface area (Å²) in [6.45, 7) is 6.02. The van der Waals surface area contributed by atoms with E-state index < -0.39 is 0 Å². The SMILES string of the molecule is CC(C)N(Cc1cc(F)cc(/C(N)=N/O)c1)CC1CC1. The average molecular weight is 279 g/mol. The van der Waals surface area contributed by atoms with Crippen molar-refractivity contribution in [3.63, 3.8) is 0 Å². The molecule has 1 aliphatic rings. The van der Waals surface area contributed by atoms with Gasteiger partial charge in [-0.2, -0.15) is 0 Å². The van der Waals surface area contributed by atoms with Crippen LogP contribution in [-0.2, 0) is 6.54 Å². The number of nitrogens with two attached hydrogens (primary N) is 1. The maximum atomic E-state index is 13.6. The summed E-state index contributed by atoms with van der Waals surface area (Å²) in [7, 11) is 0. The van der Waals surface area contributed by atoms with E-state index in [4.69, 9.17) is 10.9 Å². The molecular weight excluding hydrogens is 257 g/mol. The van der Waals surface area contributed by atoms with Gasteiger partial charge in [0.2, 0.25) is 0 Å². The molecule has 0 bridgehead atoms. The maximum Gasteiger partial charge on any atom is 0.170 e. The predicted octanol–water partition coefficient (Wildman–Crippen LogP) is 2.54. The van der Waals surface area contributed by atoms with Crippen molar-refractivity contribution in [2.45, 2.75) is 39.3 Å². The molecule has 0 radical (unpaired) electrons. The fraction of sp³-hybridized carbons (Fsp3) is 0.533. The minimum absolute atomic E-state index is 0.0657. The zero-order valence-electron chi connectivity index (χ0n) is 12.0. The summed E-state index contributed by atoms with van der Waals surface area (Å²) in [5.41, 5.74) is 6.80. The fourth-order valence-electron chi connectivity index (χ4n) is 2.27. The van der Waals surface area contributed by atoms with E-state index in [0.29, 0.717) is 18.2 Å². The largest absolute Gasteiger partial charge is 0.409 e. The van der Waals surface area contributed by atoms with Crippen LogP contribution < -0.4 is 5.73 Å². The molecule has 1 aromatic rings. The van der Waals surface area contributed by atoms with Crippen LogP contribution in [0.25, 0.3) is 0 Å². The van der Waals surface area contributed by atoms with Crippen LogP contribution in [0.2, 0.25) is 0 Å². The van der Waals surface area contributed by atoms with E-state index in [0.717, 1.165) is 18.0 Å². The predicted molar refractivity (Wildman–Crippen MR) is 77.2 cm³/mol. The van der Waals surface area contributed by atoms with Crippen LogP contribution in [0.5, 0.6) is 0 Å². The van der Waals surface area contributed by atoms with Gasteiger partial charge in [0.25, 0.3) is 0 Å². The topological polar surface area (TPSA) is 61.8 Å². The maximum absolute atomic E-state index is 13.6. The molecule has 1 aliphatic carbocycles. The Kier molecular flexibility index (Phi) is 4.60. The van der Waals surface area contributed by atoms with Crippen LogP contribution in [0.1, 0.15) is 37.8 Å². The Morgan fingerprint density at radius 3 is 2.70 bits per heavy atom. The molecule has 0 heterocycles. The lowest BCUT2D eigenvalue weighted by Crippen LogP contribution is -2.32. The highest BCUT2D eigenvalue weighted by atomic mass is 19.1. The molecule has 4 nitrogen and oxygen atoms in total. The van der Waals surface area contributed by atoms with Gasteiger partial charge in [0.15, 0.2) is 5.84 Å². The third-order valence-electron chi connectivity index (χ3n) is 3.67. The Morgan fingerprint density at radius 1 is 1.45 bits per heavy atom. The van der Waals surface area contributed by atoms with E-state index in [2.05, 4.69) is 23.9 Å². The normalized spacial score (nSPS) is 16.1. The van der Waals surface area contributed by atoms with Crippen molar-refractivity contribution in [1.29, 1.82) is 0 Å². The van der Waals surface area contributed by atoms with E-state index in [1.165, 1.54) is 25.0 Å². The smallest absolute Gasteiger partial charge is 0.170 e. The van der Waals surface area contributed by atoms with Gasteiger partial charge in [0.05, 0.1) is 0 Å². The molecule has 5 heteroatoms. The first kappa shape index (κ1) is 14.8. The van der Waals surface area contributed by atoms with Crippen LogP contribution in [0.3, 0.4) is 0 Å². The van der Waals surface area contributed by atoms with Crippen LogP contribution in [0, 0.1) is 11.7 Å². The number of rotatable bonds is 6. The van der Waals surface area contributed by atoms with Gasteiger partial charge in [0.1, 0.15) is 5.82 Å². The van der Waals surface area contributed by atoms with Gasteiger partial charge in [-0.25, -0.2) is 4.39 Å². The van der Waals surface area contributed by atoms with E-state index in [1.54, 1.807) is 6.07 Å². The Morgan fingerprint density at radius 2 is 2.15 bits per heavy atom. The minimum Gasteiger partial charge on any atom is -0.409 e. The second-order valence-electron chi connectivity index (χ2n) is 5.80. The highest BCUT2D eigenvalue weighted by Crippen LogP contribution is 2.30. The van der Waals surface area contributed by atoms with Crippen molar-refractivity contribution in [2.75, 3.05) is 6.54 Å². The molecule has 0 saturated heterocycles. The van der Waals surface area contributed by atoms with Gasteiger partial charge in [-0.15, -0.1) is 0 Å². The third-order valence-corrected chi connectivity index (χ3v) is 3.67. The molecule has 1 aromatic carbocycles. The number of amidine groups is 1. The second kappa shape index (κ2) is 6.22. The minimum atomic E-state index is -0.362. The highest BCUT2D eigenvalue weighted by molar-refractivity contribution is 5.97. The summed E-state index contributed by atoms with van der Waals surface area (Å²) in [4.78, 5) is 2.34. The van der Waals surface area contributed by atoms with Crippen molar-refractivity contribution < 1.29 is 9.60 Å². The average Bonchev–Trinajstić information content (AvgIpc) is 3.20. The van der Waals surface area contributed by atoms with Gasteiger partial charge in [-0.3, -0.25) is 4.90 Å². The van der Waals surface area contributed by atoms with Gasteiger partial charge < -0.3 is 10.9 Å². The molecule has 0 spiro atoms. The van der Waals surface area contributed by atoms with E-state index in [9.17, 15) is 4.39 Å². The van der Waals surface area contributed by atoms with Crippen LogP contribution >= 0.6 is 0 Å². The third kappa shape index (κ3) is 3.93. The number of nitrogens with zero attached hydrogens (tertiary/aromatic N) is 2. The lowest BCUT2D eigenvalue weighted by Gasteiger charge is -2.26. The molecule has 2 rings (SSSR count). The number of hydrogen-bond acceptors (Lipinski definition) is 3. The monoisotopic (exact) mass is 279 g/mol. The summed E-state index contributed by atoms with van der Waals surface area (Å²) in [6.07, 6.45) is 2.59. The number of halogens is 1. The van der Waals surface area contributed by atoms with Crippen LogP contribution in [0.15, 0.2) is 23.4 Å². The molecule has 0 atom stereocenters. The molecule has 1 fully saturated rings. The summed E-state index contributed by atoms with van der Waals surface area (Å²) in [5.74, 6) is 0.359. The number of hydrogen-bond donors (Lipinski definition) is 2. The van der Waals surface area contributed by atoms with Crippen LogP contribution in [-0.4, -0.2) is 28.5 Å². The van der Waals surface area contributed by atoms with Crippen molar-refractivity contribution >= 4 is 5.84 Å². The second-order valence-corrected chi connectivity index (χ2v) is 5.80. The molecular formula is C15H22FN3O. The van der Waals surface area contributed by atoms with E-state index in [-0.39, 0.29) is 11.7 Å². The summed E-state index contributed by atoms with van der Waals surface area (Å²) in [6, 6.07) is 4.97. The molecule has 0 aliphatic heterocycles. The van der Waals surface area contributed by atoms with Crippen LogP contribution in [0.4, 0.5) is 4.39 Å². The van der Waals surface area contributed by atoms with Gasteiger partial charge in [0, 0.05) is 24.7 Å². The Hall–Kier alpha value is -1.62. The Labute approximate surface area is 119 Å². The zero-order valence-corrected chi connectivity index (χ0v) is 12.0. The van der Waals surface area contributed by atoms with Gasteiger partial charge in [-0.05, 0) is 56.4 Å². The quantitative estimate of drug-likeness (QED) is 0.364. The van der Waals surface area contributed by atoms with Crippen molar-refractivity contribution in [3.8, 4) is 0 Å². The molecule has 1 saturated carbocycles. The summed E-state index contributed by atoms with van der Waals surface area (Å²) < 4.78 is 13.6. The molecule has 0 unspecified atom stereocenters. The Balaban J connectivity index is 2.15. The summed E-state index contributed by atoms with van der Waals surface area (Å²) >= 11 is 0. The van der Waals surface area contributed by atoms with Crippen molar-refractivity contribution in [3.05, 3.63) is 35.1 Å². The first-order valence-corrected chi connectivity index (χ1v) is 7.01. The van der Waals surface area contributed by atoms with Gasteiger partial charge >= 0.3 is 0 Å². The first-order chi connectivity index (χ1) is 9.49. The summed E-state index contributed by atoms with van der Waals surface area (Å²) in [5, 5.41) is 11.6. The Bertz CT molecular complexity index is 498. The number of oxime groups is 1. The molecule has 0 aromatic heterocycles. The molecule has 110 valence electrons. The fourth-order valence-corrected chi connectivity index (χ4v) is 2.27. The lowest BCUT2D eigenvalue weighted by atomic mass is 10.1. The molecule has 0 amide bonds.